The van der Waals surface area contributed by atoms with Crippen molar-refractivity contribution in [1.82, 2.24) is 4.31 Å². The summed E-state index contributed by atoms with van der Waals surface area (Å²) < 4.78 is 37.9. The largest absolute Gasteiger partial charge is 0.495 e. The number of methoxy groups -OCH3 is 2. The predicted octanol–water partition coefficient (Wildman–Crippen LogP) is 4.05. The molecule has 1 amide bonds. The van der Waals surface area contributed by atoms with E-state index in [1.165, 1.54) is 30.7 Å². The smallest absolute Gasteiger partial charge is 0.246 e. The molecule has 1 aliphatic heterocycles. The highest BCUT2D eigenvalue weighted by molar-refractivity contribution is 7.89. The van der Waals surface area contributed by atoms with Gasteiger partial charge in [0, 0.05) is 29.1 Å². The van der Waals surface area contributed by atoms with E-state index in [0.717, 1.165) is 0 Å². The van der Waals surface area contributed by atoms with Gasteiger partial charge in [0.1, 0.15) is 16.4 Å². The van der Waals surface area contributed by atoms with Crippen molar-refractivity contribution in [3.63, 3.8) is 0 Å². The number of sulfonamides is 1. The molecule has 0 spiro atoms. The maximum atomic E-state index is 13.1. The molecule has 30 heavy (non-hydrogen) atoms. The van der Waals surface area contributed by atoms with Crippen LogP contribution < -0.4 is 14.8 Å². The van der Waals surface area contributed by atoms with Crippen LogP contribution >= 0.6 is 23.2 Å². The lowest BCUT2D eigenvalue weighted by molar-refractivity contribution is -0.120. The molecule has 1 aliphatic rings. The first-order valence-corrected chi connectivity index (χ1v) is 11.4. The van der Waals surface area contributed by atoms with Gasteiger partial charge in [0.25, 0.3) is 0 Å². The Morgan fingerprint density at radius 3 is 2.17 bits per heavy atom. The van der Waals surface area contributed by atoms with E-state index in [1.54, 1.807) is 24.3 Å². The third kappa shape index (κ3) is 4.83. The Bertz CT molecular complexity index is 1040. The van der Waals surface area contributed by atoms with E-state index in [2.05, 4.69) is 5.32 Å². The lowest BCUT2D eigenvalue weighted by Crippen LogP contribution is -2.41. The van der Waals surface area contributed by atoms with Gasteiger partial charge in [0.2, 0.25) is 15.9 Å². The Morgan fingerprint density at radius 1 is 1.00 bits per heavy atom. The second kappa shape index (κ2) is 9.43. The van der Waals surface area contributed by atoms with Gasteiger partial charge in [-0.1, -0.05) is 23.2 Å². The van der Waals surface area contributed by atoms with Gasteiger partial charge < -0.3 is 14.8 Å². The summed E-state index contributed by atoms with van der Waals surface area (Å²) >= 11 is 12.0. The molecule has 0 aromatic heterocycles. The van der Waals surface area contributed by atoms with Crippen molar-refractivity contribution < 1.29 is 22.7 Å². The zero-order valence-electron chi connectivity index (χ0n) is 16.5. The highest BCUT2D eigenvalue weighted by Crippen LogP contribution is 2.33. The third-order valence-electron chi connectivity index (χ3n) is 4.99. The molecule has 0 saturated carbocycles. The molecular formula is C20H22Cl2N2O5S. The summed E-state index contributed by atoms with van der Waals surface area (Å²) in [6.45, 7) is 0.422. The number of piperidine rings is 1. The van der Waals surface area contributed by atoms with Gasteiger partial charge in [0.05, 0.1) is 19.9 Å². The Balaban J connectivity index is 1.69. The van der Waals surface area contributed by atoms with Crippen LogP contribution in [0.1, 0.15) is 12.8 Å². The number of nitrogens with zero attached hydrogens (tertiary/aromatic N) is 1. The van der Waals surface area contributed by atoms with Crippen LogP contribution in [-0.2, 0) is 14.8 Å². The minimum atomic E-state index is -3.80. The zero-order valence-corrected chi connectivity index (χ0v) is 18.9. The summed E-state index contributed by atoms with van der Waals surface area (Å²) in [6, 6.07) is 9.42. The van der Waals surface area contributed by atoms with Crippen molar-refractivity contribution in [1.29, 1.82) is 0 Å². The van der Waals surface area contributed by atoms with Gasteiger partial charge in [-0.3, -0.25) is 4.79 Å². The number of halogens is 2. The fraction of sp³-hybridized carbons (Fsp3) is 0.350. The average Bonchev–Trinajstić information content (AvgIpc) is 2.74. The van der Waals surface area contributed by atoms with E-state index >= 15 is 0 Å². The van der Waals surface area contributed by atoms with E-state index in [9.17, 15) is 13.2 Å². The van der Waals surface area contributed by atoms with E-state index in [4.69, 9.17) is 32.7 Å². The lowest BCUT2D eigenvalue weighted by Gasteiger charge is -2.31. The van der Waals surface area contributed by atoms with Crippen molar-refractivity contribution in [3.05, 3.63) is 46.4 Å². The Morgan fingerprint density at radius 2 is 1.57 bits per heavy atom. The molecule has 162 valence electrons. The quantitative estimate of drug-likeness (QED) is 0.685. The van der Waals surface area contributed by atoms with Crippen LogP contribution in [0, 0.1) is 5.92 Å². The molecular weight excluding hydrogens is 451 g/mol. The molecule has 0 aliphatic carbocycles. The van der Waals surface area contributed by atoms with Gasteiger partial charge in [-0.15, -0.1) is 0 Å². The van der Waals surface area contributed by atoms with E-state index in [-0.39, 0.29) is 35.6 Å². The Labute approximate surface area is 185 Å². The number of ether oxygens (including phenoxy) is 2. The van der Waals surface area contributed by atoms with Gasteiger partial charge in [-0.05, 0) is 49.2 Å². The van der Waals surface area contributed by atoms with E-state index < -0.39 is 10.0 Å². The van der Waals surface area contributed by atoms with Crippen LogP contribution in [-0.4, -0.2) is 45.9 Å². The maximum absolute atomic E-state index is 13.1. The number of hydrogen-bond acceptors (Lipinski definition) is 5. The van der Waals surface area contributed by atoms with Crippen LogP contribution in [0.5, 0.6) is 11.5 Å². The van der Waals surface area contributed by atoms with Crippen molar-refractivity contribution in [2.45, 2.75) is 17.7 Å². The zero-order chi connectivity index (χ0) is 21.9. The number of carbonyl (C=O) groups excluding carboxylic acids is 1. The number of carbonyl (C=O) groups is 1. The predicted molar refractivity (Wildman–Crippen MR) is 116 cm³/mol. The SMILES string of the molecule is COc1ccc(Cl)cc1NC(=O)C1CCN(S(=O)(=O)c2cc(Cl)ccc2OC)CC1. The first-order chi connectivity index (χ1) is 14.3. The molecule has 10 heteroatoms. The number of rotatable bonds is 6. The molecule has 1 saturated heterocycles. The molecule has 1 N–H and O–H groups in total. The summed E-state index contributed by atoms with van der Waals surface area (Å²) in [5.41, 5.74) is 0.480. The normalized spacial score (nSPS) is 15.6. The molecule has 3 rings (SSSR count). The van der Waals surface area contributed by atoms with Crippen LogP contribution in [0.3, 0.4) is 0 Å². The number of amides is 1. The van der Waals surface area contributed by atoms with Gasteiger partial charge in [-0.2, -0.15) is 4.31 Å². The summed E-state index contributed by atoms with van der Waals surface area (Å²) in [7, 11) is -0.885. The highest BCUT2D eigenvalue weighted by Gasteiger charge is 2.34. The molecule has 2 aromatic rings. The van der Waals surface area contributed by atoms with Gasteiger partial charge >= 0.3 is 0 Å². The molecule has 7 nitrogen and oxygen atoms in total. The number of benzene rings is 2. The monoisotopic (exact) mass is 472 g/mol. The van der Waals surface area contributed by atoms with Crippen molar-refractivity contribution in [2.24, 2.45) is 5.92 Å². The third-order valence-corrected chi connectivity index (χ3v) is 7.38. The van der Waals surface area contributed by atoms with Crippen molar-refractivity contribution in [3.8, 4) is 11.5 Å². The van der Waals surface area contributed by atoms with Crippen molar-refractivity contribution >= 4 is 44.8 Å². The molecule has 0 bridgehead atoms. The minimum absolute atomic E-state index is 0.0177. The van der Waals surface area contributed by atoms with Crippen LogP contribution in [0.25, 0.3) is 0 Å². The second-order valence-electron chi connectivity index (χ2n) is 6.81. The summed E-state index contributed by atoms with van der Waals surface area (Å²) in [6.07, 6.45) is 0.771. The maximum Gasteiger partial charge on any atom is 0.246 e. The molecule has 1 heterocycles. The van der Waals surface area contributed by atoms with E-state index in [1.807, 2.05) is 0 Å². The summed E-state index contributed by atoms with van der Waals surface area (Å²) in [4.78, 5) is 12.7. The fourth-order valence-electron chi connectivity index (χ4n) is 3.36. The topological polar surface area (TPSA) is 84.9 Å². The first kappa shape index (κ1) is 22.7. The number of nitrogens with one attached hydrogen (secondary N) is 1. The van der Waals surface area contributed by atoms with Gasteiger partial charge in [0.15, 0.2) is 0 Å². The van der Waals surface area contributed by atoms with Gasteiger partial charge in [-0.25, -0.2) is 8.42 Å². The molecule has 0 atom stereocenters. The second-order valence-corrected chi connectivity index (χ2v) is 9.59. The fourth-order valence-corrected chi connectivity index (χ4v) is 5.42. The highest BCUT2D eigenvalue weighted by atomic mass is 35.5. The minimum Gasteiger partial charge on any atom is -0.495 e. The Hall–Kier alpha value is -2.00. The van der Waals surface area contributed by atoms with E-state index in [0.29, 0.717) is 34.3 Å². The lowest BCUT2D eigenvalue weighted by atomic mass is 9.97. The molecule has 1 fully saturated rings. The van der Waals surface area contributed by atoms with Crippen LogP contribution in [0.4, 0.5) is 5.69 Å². The molecule has 2 aromatic carbocycles. The summed E-state index contributed by atoms with van der Waals surface area (Å²) in [5.74, 6) is 0.197. The first-order valence-electron chi connectivity index (χ1n) is 9.24. The van der Waals surface area contributed by atoms with Crippen LogP contribution in [0.2, 0.25) is 10.0 Å². The standard InChI is InChI=1S/C20H22Cl2N2O5S/c1-28-17-5-3-14(21)11-16(17)23-20(25)13-7-9-24(10-8-13)30(26,27)19-12-15(22)4-6-18(19)29-2/h3-6,11-13H,7-10H2,1-2H3,(H,23,25). The molecule has 0 unspecified atom stereocenters. The average molecular weight is 473 g/mol. The number of anilines is 1. The van der Waals surface area contributed by atoms with Crippen molar-refractivity contribution in [2.75, 3.05) is 32.6 Å². The molecule has 0 radical (unpaired) electrons. The summed E-state index contributed by atoms with van der Waals surface area (Å²) in [5, 5.41) is 3.61. The number of hydrogen-bond donors (Lipinski definition) is 1. The Kier molecular flexibility index (Phi) is 7.13. The van der Waals surface area contributed by atoms with Crippen LogP contribution in [0.15, 0.2) is 41.3 Å².